The van der Waals surface area contributed by atoms with E-state index in [9.17, 15) is 0 Å². The van der Waals surface area contributed by atoms with Crippen LogP contribution >= 0.6 is 0 Å². The van der Waals surface area contributed by atoms with Gasteiger partial charge >= 0.3 is 0 Å². The molecule has 0 spiro atoms. The van der Waals surface area contributed by atoms with Crippen molar-refractivity contribution in [2.75, 3.05) is 35.0 Å². The van der Waals surface area contributed by atoms with Gasteiger partial charge in [-0.3, -0.25) is 0 Å². The van der Waals surface area contributed by atoms with Crippen molar-refractivity contribution in [2.24, 2.45) is 11.8 Å². The molecule has 0 N–H and O–H groups in total. The molecule has 0 bridgehead atoms. The Bertz CT molecular complexity index is 371. The first-order chi connectivity index (χ1) is 10.1. The Hall–Kier alpha value is -0.240. The van der Waals surface area contributed by atoms with Gasteiger partial charge in [-0.15, -0.1) is 0 Å². The number of fused-ring (bicyclic) bond motifs is 3. The van der Waals surface area contributed by atoms with Crippen LogP contribution in [0.25, 0.3) is 0 Å². The van der Waals surface area contributed by atoms with Crippen molar-refractivity contribution in [3.05, 3.63) is 0 Å². The fourth-order valence-electron chi connectivity index (χ4n) is 4.39. The van der Waals surface area contributed by atoms with Gasteiger partial charge in [0.2, 0.25) is 12.1 Å². The smallest absolute Gasteiger partial charge is 0.220 e. The van der Waals surface area contributed by atoms with Gasteiger partial charge in [-0.25, -0.2) is 0 Å². The lowest BCUT2D eigenvalue weighted by Gasteiger charge is -2.53. The van der Waals surface area contributed by atoms with Gasteiger partial charge in [0.1, 0.15) is 0 Å². The lowest BCUT2D eigenvalue weighted by molar-refractivity contribution is -0.405. The van der Waals surface area contributed by atoms with E-state index in [4.69, 9.17) is 28.4 Å². The molecule has 3 aliphatic rings. The first-order valence-electron chi connectivity index (χ1n) is 7.62. The highest BCUT2D eigenvalue weighted by Crippen LogP contribution is 2.53. The summed E-state index contributed by atoms with van der Waals surface area (Å²) in [6.45, 7) is 0.526. The van der Waals surface area contributed by atoms with Gasteiger partial charge in [-0.2, -0.15) is 0 Å². The number of ether oxygens (including phenoxy) is 6. The maximum absolute atomic E-state index is 6.08. The maximum Gasteiger partial charge on any atom is 0.220 e. The molecule has 3 rings (SSSR count). The third-order valence-electron chi connectivity index (χ3n) is 5.52. The summed E-state index contributed by atoms with van der Waals surface area (Å²) < 4.78 is 34.6. The predicted molar refractivity (Wildman–Crippen MR) is 73.6 cm³/mol. The highest BCUT2D eigenvalue weighted by atomic mass is 16.8. The van der Waals surface area contributed by atoms with E-state index >= 15 is 0 Å². The largest absolute Gasteiger partial charge is 0.353 e. The summed E-state index contributed by atoms with van der Waals surface area (Å²) in [6.07, 6.45) is 3.32. The quantitative estimate of drug-likeness (QED) is 0.734. The summed E-state index contributed by atoms with van der Waals surface area (Å²) in [6, 6.07) is 0. The van der Waals surface area contributed by atoms with E-state index in [0.29, 0.717) is 12.5 Å². The average molecular weight is 302 g/mol. The summed E-state index contributed by atoms with van der Waals surface area (Å²) >= 11 is 0. The number of hydrogen-bond acceptors (Lipinski definition) is 6. The van der Waals surface area contributed by atoms with Crippen LogP contribution in [-0.2, 0) is 28.4 Å². The Morgan fingerprint density at radius 3 is 2.43 bits per heavy atom. The second-order valence-corrected chi connectivity index (χ2v) is 6.16. The molecule has 0 aromatic heterocycles. The molecule has 0 amide bonds. The molecular formula is C15H26O6. The van der Waals surface area contributed by atoms with E-state index in [1.807, 2.05) is 0 Å². The molecule has 122 valence electrons. The van der Waals surface area contributed by atoms with Gasteiger partial charge in [0.05, 0.1) is 12.7 Å². The van der Waals surface area contributed by atoms with Crippen molar-refractivity contribution < 1.29 is 28.4 Å². The zero-order valence-electron chi connectivity index (χ0n) is 13.3. The molecule has 0 aromatic rings. The molecular weight excluding hydrogens is 276 g/mol. The van der Waals surface area contributed by atoms with E-state index in [2.05, 4.69) is 0 Å². The molecule has 5 atom stereocenters. The van der Waals surface area contributed by atoms with Crippen molar-refractivity contribution in [1.82, 2.24) is 0 Å². The fraction of sp³-hybridized carbons (Fsp3) is 1.00. The van der Waals surface area contributed by atoms with Gasteiger partial charge < -0.3 is 28.4 Å². The number of rotatable bonds is 4. The minimum Gasteiger partial charge on any atom is -0.353 e. The fourth-order valence-corrected chi connectivity index (χ4v) is 4.39. The first-order valence-corrected chi connectivity index (χ1v) is 7.62. The molecule has 2 saturated heterocycles. The highest BCUT2D eigenvalue weighted by molar-refractivity contribution is 5.01. The van der Waals surface area contributed by atoms with Crippen LogP contribution in [-0.4, -0.2) is 59.0 Å². The van der Waals surface area contributed by atoms with Gasteiger partial charge in [-0.1, -0.05) is 0 Å². The Labute approximate surface area is 126 Å². The minimum absolute atomic E-state index is 0.000231. The van der Waals surface area contributed by atoms with Gasteiger partial charge in [0.25, 0.3) is 0 Å². The van der Waals surface area contributed by atoms with Crippen LogP contribution in [0.15, 0.2) is 0 Å². The molecule has 6 nitrogen and oxygen atoms in total. The summed E-state index contributed by atoms with van der Waals surface area (Å²) in [4.78, 5) is 0. The average Bonchev–Trinajstić information content (AvgIpc) is 2.98. The molecule has 2 heterocycles. The van der Waals surface area contributed by atoms with Crippen LogP contribution in [0.2, 0.25) is 0 Å². The molecule has 21 heavy (non-hydrogen) atoms. The van der Waals surface area contributed by atoms with Crippen LogP contribution in [0.5, 0.6) is 0 Å². The van der Waals surface area contributed by atoms with Gasteiger partial charge in [0.15, 0.2) is 5.79 Å². The van der Waals surface area contributed by atoms with Gasteiger partial charge in [-0.05, 0) is 12.8 Å². The molecule has 2 aliphatic heterocycles. The molecule has 6 heteroatoms. The van der Waals surface area contributed by atoms with Gasteiger partial charge in [0, 0.05) is 53.1 Å². The topological polar surface area (TPSA) is 55.4 Å². The lowest BCUT2D eigenvalue weighted by Crippen LogP contribution is -2.63. The van der Waals surface area contributed by atoms with E-state index in [0.717, 1.165) is 25.7 Å². The van der Waals surface area contributed by atoms with Crippen LogP contribution < -0.4 is 0 Å². The number of methoxy groups -OCH3 is 4. The van der Waals surface area contributed by atoms with E-state index < -0.39 is 17.9 Å². The van der Waals surface area contributed by atoms with Crippen molar-refractivity contribution in [3.8, 4) is 0 Å². The first kappa shape index (κ1) is 15.6. The van der Waals surface area contributed by atoms with E-state index in [1.54, 1.807) is 28.4 Å². The Morgan fingerprint density at radius 2 is 1.81 bits per heavy atom. The maximum atomic E-state index is 6.08. The molecule has 0 aromatic carbocycles. The number of hydrogen-bond donors (Lipinski definition) is 0. The Balaban J connectivity index is 1.87. The van der Waals surface area contributed by atoms with Crippen molar-refractivity contribution in [3.63, 3.8) is 0 Å². The normalized spacial score (nSPS) is 45.1. The molecule has 0 radical (unpaired) electrons. The minimum atomic E-state index is -0.866. The summed E-state index contributed by atoms with van der Waals surface area (Å²) in [7, 11) is 6.62. The monoisotopic (exact) mass is 302 g/mol. The SMILES string of the molecule is CO[C@H]1O[C@@H]2CO[C@@]3(OC)CCC[C@@H]3[C@H]2CC1(OC)OC. The summed E-state index contributed by atoms with van der Waals surface area (Å²) in [5.74, 6) is -0.733. The lowest BCUT2D eigenvalue weighted by atomic mass is 9.75. The third kappa shape index (κ3) is 2.24. The Kier molecular flexibility index (Phi) is 4.29. The Morgan fingerprint density at radius 1 is 1.05 bits per heavy atom. The molecule has 0 unspecified atom stereocenters. The van der Waals surface area contributed by atoms with Crippen molar-refractivity contribution in [2.45, 2.75) is 49.7 Å². The van der Waals surface area contributed by atoms with Crippen LogP contribution in [0.3, 0.4) is 0 Å². The van der Waals surface area contributed by atoms with E-state index in [1.165, 1.54) is 0 Å². The second-order valence-electron chi connectivity index (χ2n) is 6.16. The predicted octanol–water partition coefficient (Wildman–Crippen LogP) is 1.53. The zero-order valence-corrected chi connectivity index (χ0v) is 13.3. The van der Waals surface area contributed by atoms with Crippen LogP contribution in [0.1, 0.15) is 25.7 Å². The van der Waals surface area contributed by atoms with Crippen LogP contribution in [0, 0.1) is 11.8 Å². The molecule has 1 saturated carbocycles. The zero-order chi connectivity index (χ0) is 15.1. The second kappa shape index (κ2) is 5.76. The van der Waals surface area contributed by atoms with Crippen molar-refractivity contribution in [1.29, 1.82) is 0 Å². The van der Waals surface area contributed by atoms with Crippen molar-refractivity contribution >= 4 is 0 Å². The summed E-state index contributed by atoms with van der Waals surface area (Å²) in [5, 5.41) is 0. The molecule has 1 aliphatic carbocycles. The molecule has 3 fully saturated rings. The third-order valence-corrected chi connectivity index (χ3v) is 5.52. The summed E-state index contributed by atoms with van der Waals surface area (Å²) in [5.41, 5.74) is 0. The van der Waals surface area contributed by atoms with Crippen LogP contribution in [0.4, 0.5) is 0 Å². The highest BCUT2D eigenvalue weighted by Gasteiger charge is 2.60. The van der Waals surface area contributed by atoms with E-state index in [-0.39, 0.29) is 12.0 Å². The standard InChI is InChI=1S/C15H26O6/c1-16-13-15(18-3,19-4)8-10-11-6-5-7-14(11,17-2)20-9-12(10)21-13/h10-13H,5-9H2,1-4H3/t10-,11-,12-,13+,14+/m1/s1.